The lowest BCUT2D eigenvalue weighted by Gasteiger charge is -2.56. The molecule has 4 nitrogen and oxygen atoms in total. The monoisotopic (exact) mass is 368 g/mol. The second-order valence-corrected chi connectivity index (χ2v) is 8.77. The first-order valence-electron chi connectivity index (χ1n) is 10.1. The van der Waals surface area contributed by atoms with Gasteiger partial charge < -0.3 is 9.84 Å². The first kappa shape index (κ1) is 18.5. The van der Waals surface area contributed by atoms with Crippen LogP contribution in [-0.4, -0.2) is 28.6 Å². The Kier molecular flexibility index (Phi) is 4.35. The number of allylic oxidation sites excluding steroid dienone is 2. The van der Waals surface area contributed by atoms with Crippen molar-refractivity contribution in [2.24, 2.45) is 29.1 Å². The van der Waals surface area contributed by atoms with Gasteiger partial charge in [0.15, 0.2) is 5.78 Å². The van der Waals surface area contributed by atoms with E-state index in [-0.39, 0.29) is 41.5 Å². The van der Waals surface area contributed by atoms with Crippen molar-refractivity contribution in [2.45, 2.75) is 64.1 Å². The van der Waals surface area contributed by atoms with Crippen molar-refractivity contribution in [1.82, 2.24) is 0 Å². The molecule has 0 saturated heterocycles. The second kappa shape index (κ2) is 6.34. The zero-order valence-electron chi connectivity index (χ0n) is 16.1. The van der Waals surface area contributed by atoms with E-state index >= 15 is 0 Å². The van der Waals surface area contributed by atoms with Gasteiger partial charge in [0, 0.05) is 24.7 Å². The summed E-state index contributed by atoms with van der Waals surface area (Å²) in [5.41, 5.74) is -0.325. The molecule has 4 rings (SSSR count). The van der Waals surface area contributed by atoms with Crippen LogP contribution >= 0.6 is 0 Å². The predicted octanol–water partition coefficient (Wildman–Crippen LogP) is 3.20. The molecule has 0 amide bonds. The Morgan fingerprint density at radius 3 is 2.85 bits per heavy atom. The van der Waals surface area contributed by atoms with E-state index in [0.717, 1.165) is 37.7 Å². The van der Waals surface area contributed by atoms with Crippen LogP contribution in [0.1, 0.15) is 52.4 Å². The number of fused-ring (bicyclic) bond motifs is 5. The molecule has 0 radical (unpaired) electrons. The van der Waals surface area contributed by atoms with Gasteiger partial charge in [-0.1, -0.05) is 24.5 Å². The highest BCUT2D eigenvalue weighted by atomic mass is 16.5. The maximum atomic E-state index is 12.1. The predicted molar refractivity (Wildman–Crippen MR) is 101 cm³/mol. The largest absolute Gasteiger partial charge is 0.461 e. The molecule has 4 heteroatoms. The molecule has 4 aliphatic carbocycles. The van der Waals surface area contributed by atoms with E-state index in [1.165, 1.54) is 6.92 Å². The van der Waals surface area contributed by atoms with E-state index in [4.69, 9.17) is 11.2 Å². The van der Waals surface area contributed by atoms with Crippen LogP contribution in [0, 0.1) is 41.4 Å². The summed E-state index contributed by atoms with van der Waals surface area (Å²) < 4.78 is 5.60. The number of esters is 1. The molecular formula is C23H28O4. The van der Waals surface area contributed by atoms with Gasteiger partial charge in [0.2, 0.25) is 0 Å². The topological polar surface area (TPSA) is 63.6 Å². The average molecular weight is 368 g/mol. The van der Waals surface area contributed by atoms with Crippen molar-refractivity contribution in [3.05, 3.63) is 23.8 Å². The zero-order valence-corrected chi connectivity index (χ0v) is 16.1. The van der Waals surface area contributed by atoms with Crippen LogP contribution in [0.5, 0.6) is 0 Å². The number of hydrogen-bond donors (Lipinski definition) is 1. The number of terminal acetylenes is 1. The number of ether oxygens (including phenoxy) is 1. The van der Waals surface area contributed by atoms with Crippen molar-refractivity contribution < 1.29 is 19.4 Å². The summed E-state index contributed by atoms with van der Waals surface area (Å²) in [5, 5.41) is 11.1. The zero-order chi connectivity index (χ0) is 19.4. The van der Waals surface area contributed by atoms with Gasteiger partial charge in [-0.05, 0) is 62.0 Å². The third-order valence-corrected chi connectivity index (χ3v) is 7.85. The minimum absolute atomic E-state index is 0.0622. The van der Waals surface area contributed by atoms with Crippen LogP contribution < -0.4 is 0 Å². The summed E-state index contributed by atoms with van der Waals surface area (Å²) in [6.45, 7) is 3.54. The fourth-order valence-electron chi connectivity index (χ4n) is 6.75. The van der Waals surface area contributed by atoms with Crippen LogP contribution in [0.15, 0.2) is 23.8 Å². The summed E-state index contributed by atoms with van der Waals surface area (Å²) in [6, 6.07) is 0. The molecule has 2 fully saturated rings. The average Bonchev–Trinajstić information content (AvgIpc) is 2.94. The summed E-state index contributed by atoms with van der Waals surface area (Å²) in [6.07, 6.45) is 15.9. The molecule has 0 heterocycles. The Labute approximate surface area is 161 Å². The molecule has 27 heavy (non-hydrogen) atoms. The molecule has 0 aromatic heterocycles. The third kappa shape index (κ3) is 2.55. The quantitative estimate of drug-likeness (QED) is 0.462. The van der Waals surface area contributed by atoms with Crippen LogP contribution in [0.4, 0.5) is 0 Å². The van der Waals surface area contributed by atoms with Gasteiger partial charge in [-0.25, -0.2) is 0 Å². The summed E-state index contributed by atoms with van der Waals surface area (Å²) in [4.78, 5) is 23.8. The molecule has 2 saturated carbocycles. The van der Waals surface area contributed by atoms with Crippen molar-refractivity contribution >= 4 is 11.8 Å². The molecule has 0 bridgehead atoms. The molecule has 0 aromatic carbocycles. The molecule has 0 unspecified atom stereocenters. The summed E-state index contributed by atoms with van der Waals surface area (Å²) in [7, 11) is 0. The second-order valence-electron chi connectivity index (χ2n) is 8.77. The van der Waals surface area contributed by atoms with Crippen LogP contribution in [-0.2, 0) is 14.3 Å². The molecule has 7 atom stereocenters. The van der Waals surface area contributed by atoms with E-state index < -0.39 is 5.60 Å². The molecule has 0 aliphatic heterocycles. The van der Waals surface area contributed by atoms with Gasteiger partial charge >= 0.3 is 5.97 Å². The van der Waals surface area contributed by atoms with Gasteiger partial charge in [0.1, 0.15) is 11.7 Å². The van der Waals surface area contributed by atoms with Gasteiger partial charge in [-0.2, -0.15) is 0 Å². The molecule has 0 aromatic rings. The Morgan fingerprint density at radius 2 is 2.19 bits per heavy atom. The fourth-order valence-corrected chi connectivity index (χ4v) is 6.75. The normalized spacial score (nSPS) is 45.2. The first-order valence-corrected chi connectivity index (χ1v) is 10.1. The molecule has 4 aliphatic rings. The summed E-state index contributed by atoms with van der Waals surface area (Å²) in [5.74, 6) is 3.51. The maximum absolute atomic E-state index is 12.1. The Hall–Kier alpha value is -1.86. The molecule has 1 N–H and O–H groups in total. The van der Waals surface area contributed by atoms with Crippen molar-refractivity contribution in [2.75, 3.05) is 0 Å². The number of carbonyl (C=O) groups is 2. The van der Waals surface area contributed by atoms with Gasteiger partial charge in [-0.3, -0.25) is 9.59 Å². The van der Waals surface area contributed by atoms with Crippen LogP contribution in [0.3, 0.4) is 0 Å². The summed E-state index contributed by atoms with van der Waals surface area (Å²) >= 11 is 0. The molecular weight excluding hydrogens is 340 g/mol. The Bertz CT molecular complexity index is 772. The molecule has 144 valence electrons. The highest BCUT2D eigenvalue weighted by Gasteiger charge is 2.62. The van der Waals surface area contributed by atoms with Gasteiger partial charge in [0.05, 0.1) is 0 Å². The number of ketones is 1. The number of hydrogen-bond acceptors (Lipinski definition) is 4. The van der Waals surface area contributed by atoms with E-state index in [2.05, 4.69) is 18.9 Å². The Balaban J connectivity index is 1.69. The van der Waals surface area contributed by atoms with Crippen LogP contribution in [0.2, 0.25) is 0 Å². The lowest BCUT2D eigenvalue weighted by atomic mass is 9.49. The number of carbonyl (C=O) groups excluding carboxylic acids is 2. The van der Waals surface area contributed by atoms with E-state index in [9.17, 15) is 14.7 Å². The van der Waals surface area contributed by atoms with E-state index in [1.54, 1.807) is 6.08 Å². The smallest absolute Gasteiger partial charge is 0.302 e. The lowest BCUT2D eigenvalue weighted by molar-refractivity contribution is -0.155. The lowest BCUT2D eigenvalue weighted by Crippen LogP contribution is -2.55. The van der Waals surface area contributed by atoms with Crippen molar-refractivity contribution in [3.8, 4) is 12.3 Å². The van der Waals surface area contributed by atoms with E-state index in [0.29, 0.717) is 11.8 Å². The maximum Gasteiger partial charge on any atom is 0.302 e. The van der Waals surface area contributed by atoms with Crippen LogP contribution in [0.25, 0.3) is 0 Å². The molecule has 0 spiro atoms. The Morgan fingerprint density at radius 1 is 1.41 bits per heavy atom. The third-order valence-electron chi connectivity index (χ3n) is 7.85. The minimum atomic E-state index is -1.18. The standard InChI is InChI=1S/C23H28O4/c1-4-22-10-8-18-17(19(22)9-11-23(22,26)5-2)7-6-15-12-16(25)13-20(21(15)18)27-14(3)24/h2,9,11-12,17-21,26H,4,6-8,10,13H2,1,3H3/t17-,18+,19+,20+,21+,22+,23+/m1/s1. The van der Waals surface area contributed by atoms with E-state index in [1.807, 2.05) is 6.08 Å². The first-order chi connectivity index (χ1) is 12.8. The minimum Gasteiger partial charge on any atom is -0.461 e. The SMILES string of the molecule is C#C[C@]1(O)C=C[C@H]2[C@@H]3CCC4=CC(=O)C[C@H](OC(C)=O)[C@@H]4[C@H]3CC[C@@]21CC. The number of aliphatic hydroxyl groups is 1. The number of rotatable bonds is 2. The van der Waals surface area contributed by atoms with Gasteiger partial charge in [0.25, 0.3) is 0 Å². The van der Waals surface area contributed by atoms with Crippen molar-refractivity contribution in [1.29, 1.82) is 0 Å². The highest BCUT2D eigenvalue weighted by Crippen LogP contribution is 2.63. The highest BCUT2D eigenvalue weighted by molar-refractivity contribution is 5.92. The van der Waals surface area contributed by atoms with Crippen molar-refractivity contribution in [3.63, 3.8) is 0 Å². The fraction of sp³-hybridized carbons (Fsp3) is 0.652. The van der Waals surface area contributed by atoms with Gasteiger partial charge in [-0.15, -0.1) is 6.42 Å².